The van der Waals surface area contributed by atoms with Gasteiger partial charge in [-0.3, -0.25) is 4.57 Å². The third kappa shape index (κ3) is 4.19. The molecule has 54 heavy (non-hydrogen) atoms. The Morgan fingerprint density at radius 3 is 1.70 bits per heavy atom. The molecule has 8 aromatic carbocycles. The monoisotopic (exact) mass is 690 g/mol. The van der Waals surface area contributed by atoms with Crippen LogP contribution >= 0.6 is 0 Å². The van der Waals surface area contributed by atoms with Crippen molar-refractivity contribution in [3.8, 4) is 33.6 Å². The zero-order chi connectivity index (χ0) is 35.3. The van der Waals surface area contributed by atoms with Crippen LogP contribution < -0.4 is 0 Å². The Morgan fingerprint density at radius 1 is 0.296 bits per heavy atom. The second-order valence-electron chi connectivity index (χ2n) is 14.1. The number of nitrogens with zero attached hydrogens (tertiary/aromatic N) is 2. The molecule has 0 radical (unpaired) electrons. The smallest absolute Gasteiger partial charge is 0.213 e. The van der Waals surface area contributed by atoms with Crippen molar-refractivity contribution in [2.45, 2.75) is 0 Å². The molecule has 4 heteroatoms. The maximum Gasteiger partial charge on any atom is 0.213 e. The van der Waals surface area contributed by atoms with E-state index in [0.717, 1.165) is 83.2 Å². The van der Waals surface area contributed by atoms with Crippen LogP contribution in [-0.4, -0.2) is 9.13 Å². The van der Waals surface area contributed by atoms with Crippen molar-refractivity contribution in [2.24, 2.45) is 0 Å². The lowest BCUT2D eigenvalue weighted by molar-refractivity contribution is 0.645. The molecular weight excluding hydrogens is 661 g/mol. The molecular formula is C50H30N2O2. The fraction of sp³-hybridized carbons (Fsp3) is 0. The highest BCUT2D eigenvalue weighted by Crippen LogP contribution is 2.42. The average Bonchev–Trinajstić information content (AvgIpc) is 3.97. The minimum Gasteiger partial charge on any atom is -0.456 e. The molecule has 252 valence electrons. The van der Waals surface area contributed by atoms with Gasteiger partial charge in [0, 0.05) is 43.7 Å². The standard InChI is InChI=1S/C50H30N2O2/c1-2-12-35(13-3-1)52-45-26-23-33(29-42(45)49-40-17-6-9-20-47(40)54-50(49)52)31-11-10-14-36(27-31)51-43-18-7-4-15-37(43)41-28-32(22-25-44(41)51)34-21-24-39-38-16-5-8-19-46(38)53-48(39)30-34/h1-30H. The van der Waals surface area contributed by atoms with Crippen molar-refractivity contribution < 1.29 is 8.83 Å². The Morgan fingerprint density at radius 2 is 0.870 bits per heavy atom. The molecule has 0 saturated carbocycles. The Labute approximate surface area is 309 Å². The zero-order valence-electron chi connectivity index (χ0n) is 29.0. The van der Waals surface area contributed by atoms with E-state index < -0.39 is 0 Å². The summed E-state index contributed by atoms with van der Waals surface area (Å²) in [4.78, 5) is 0. The lowest BCUT2D eigenvalue weighted by atomic mass is 10.0. The fourth-order valence-electron chi connectivity index (χ4n) is 8.66. The van der Waals surface area contributed by atoms with Crippen LogP contribution in [0, 0.1) is 0 Å². The number of fused-ring (bicyclic) bond motifs is 11. The summed E-state index contributed by atoms with van der Waals surface area (Å²) in [6, 6.07) is 64.9. The first-order valence-electron chi connectivity index (χ1n) is 18.3. The molecule has 0 saturated heterocycles. The molecule has 0 unspecified atom stereocenters. The number of hydrogen-bond donors (Lipinski definition) is 0. The summed E-state index contributed by atoms with van der Waals surface area (Å²) in [6.45, 7) is 0. The molecule has 4 aromatic heterocycles. The second kappa shape index (κ2) is 11.1. The normalized spacial score (nSPS) is 12.1. The van der Waals surface area contributed by atoms with Crippen molar-refractivity contribution in [3.63, 3.8) is 0 Å². The second-order valence-corrected chi connectivity index (χ2v) is 14.1. The number of furan rings is 2. The molecule has 0 bridgehead atoms. The van der Waals surface area contributed by atoms with E-state index in [1.165, 1.54) is 27.2 Å². The van der Waals surface area contributed by atoms with Gasteiger partial charge in [-0.2, -0.15) is 0 Å². The van der Waals surface area contributed by atoms with E-state index in [1.807, 2.05) is 18.2 Å². The molecule has 0 fully saturated rings. The van der Waals surface area contributed by atoms with Crippen molar-refractivity contribution in [1.82, 2.24) is 9.13 Å². The largest absolute Gasteiger partial charge is 0.456 e. The number of para-hydroxylation sites is 4. The quantitative estimate of drug-likeness (QED) is 0.184. The molecule has 0 amide bonds. The van der Waals surface area contributed by atoms with Gasteiger partial charge in [-0.05, 0) is 101 Å². The summed E-state index contributed by atoms with van der Waals surface area (Å²) in [5.74, 6) is 0. The van der Waals surface area contributed by atoms with Crippen LogP contribution in [0.5, 0.6) is 0 Å². The highest BCUT2D eigenvalue weighted by Gasteiger charge is 2.20. The Balaban J connectivity index is 1.01. The summed E-state index contributed by atoms with van der Waals surface area (Å²) >= 11 is 0. The number of hydrogen-bond acceptors (Lipinski definition) is 2. The molecule has 0 spiro atoms. The molecule has 4 nitrogen and oxygen atoms in total. The van der Waals surface area contributed by atoms with Gasteiger partial charge in [-0.15, -0.1) is 0 Å². The van der Waals surface area contributed by atoms with Crippen LogP contribution in [-0.2, 0) is 0 Å². The minimum atomic E-state index is 0.866. The molecule has 4 heterocycles. The summed E-state index contributed by atoms with van der Waals surface area (Å²) in [5.41, 5.74) is 13.9. The van der Waals surface area contributed by atoms with E-state index in [0.29, 0.717) is 0 Å². The lowest BCUT2D eigenvalue weighted by Gasteiger charge is -2.11. The summed E-state index contributed by atoms with van der Waals surface area (Å²) in [7, 11) is 0. The van der Waals surface area contributed by atoms with Crippen molar-refractivity contribution in [3.05, 3.63) is 182 Å². The topological polar surface area (TPSA) is 36.1 Å². The maximum atomic E-state index is 6.54. The van der Waals surface area contributed by atoms with Gasteiger partial charge >= 0.3 is 0 Å². The van der Waals surface area contributed by atoms with E-state index in [9.17, 15) is 0 Å². The van der Waals surface area contributed by atoms with Gasteiger partial charge < -0.3 is 13.4 Å². The van der Waals surface area contributed by atoms with Gasteiger partial charge in [-0.1, -0.05) is 103 Å². The van der Waals surface area contributed by atoms with E-state index in [2.05, 4.69) is 173 Å². The van der Waals surface area contributed by atoms with Crippen LogP contribution in [0.1, 0.15) is 0 Å². The van der Waals surface area contributed by atoms with Gasteiger partial charge in [0.1, 0.15) is 16.7 Å². The van der Waals surface area contributed by atoms with Crippen LogP contribution in [0.3, 0.4) is 0 Å². The molecule has 0 aliphatic heterocycles. The first kappa shape index (κ1) is 29.3. The Hall–Kier alpha value is -7.30. The van der Waals surface area contributed by atoms with E-state index >= 15 is 0 Å². The highest BCUT2D eigenvalue weighted by molar-refractivity contribution is 6.20. The predicted octanol–water partition coefficient (Wildman–Crippen LogP) is 13.9. The Bertz CT molecular complexity index is 3450. The average molecular weight is 691 g/mol. The first-order chi connectivity index (χ1) is 26.8. The van der Waals surface area contributed by atoms with Crippen LogP contribution in [0.2, 0.25) is 0 Å². The van der Waals surface area contributed by atoms with Crippen LogP contribution in [0.25, 0.3) is 110 Å². The number of rotatable bonds is 4. The van der Waals surface area contributed by atoms with Crippen molar-refractivity contribution >= 4 is 76.7 Å². The Kier molecular flexibility index (Phi) is 6.02. The van der Waals surface area contributed by atoms with Crippen molar-refractivity contribution in [2.75, 3.05) is 0 Å². The molecule has 0 aliphatic rings. The van der Waals surface area contributed by atoms with Gasteiger partial charge in [0.2, 0.25) is 5.71 Å². The molecule has 12 aromatic rings. The van der Waals surface area contributed by atoms with Crippen LogP contribution in [0.4, 0.5) is 0 Å². The van der Waals surface area contributed by atoms with Crippen molar-refractivity contribution in [1.29, 1.82) is 0 Å². The fourth-order valence-corrected chi connectivity index (χ4v) is 8.66. The summed E-state index contributed by atoms with van der Waals surface area (Å²) < 4.78 is 17.4. The highest BCUT2D eigenvalue weighted by atomic mass is 16.3. The molecule has 0 N–H and O–H groups in total. The number of aromatic nitrogens is 2. The predicted molar refractivity (Wildman–Crippen MR) is 223 cm³/mol. The van der Waals surface area contributed by atoms with Gasteiger partial charge in [0.25, 0.3) is 0 Å². The third-order valence-corrected chi connectivity index (χ3v) is 11.1. The summed E-state index contributed by atoms with van der Waals surface area (Å²) in [5, 5.41) is 8.17. The van der Waals surface area contributed by atoms with E-state index in [4.69, 9.17) is 8.83 Å². The zero-order valence-corrected chi connectivity index (χ0v) is 29.0. The van der Waals surface area contributed by atoms with Gasteiger partial charge in [0.15, 0.2) is 0 Å². The van der Waals surface area contributed by atoms with Gasteiger partial charge in [0.05, 0.1) is 21.9 Å². The lowest BCUT2D eigenvalue weighted by Crippen LogP contribution is -1.94. The number of benzene rings is 8. The van der Waals surface area contributed by atoms with E-state index in [-0.39, 0.29) is 0 Å². The van der Waals surface area contributed by atoms with E-state index in [1.54, 1.807) is 0 Å². The van der Waals surface area contributed by atoms with Gasteiger partial charge in [-0.25, -0.2) is 0 Å². The first-order valence-corrected chi connectivity index (χ1v) is 18.3. The minimum absolute atomic E-state index is 0.866. The van der Waals surface area contributed by atoms with Crippen LogP contribution in [0.15, 0.2) is 191 Å². The molecule has 0 atom stereocenters. The molecule has 0 aliphatic carbocycles. The SMILES string of the molecule is c1ccc(-n2c3ccc(-c4cccc(-n5c6ccccc6c6cc(-c7ccc8c(c7)oc7ccccc78)ccc65)c4)cc3c3c4ccccc4oc32)cc1. The maximum absolute atomic E-state index is 6.54. The third-order valence-electron chi connectivity index (χ3n) is 11.1. The summed E-state index contributed by atoms with van der Waals surface area (Å²) in [6.07, 6.45) is 0. The molecule has 12 rings (SSSR count).